The highest BCUT2D eigenvalue weighted by Crippen LogP contribution is 2.27. The van der Waals surface area contributed by atoms with Gasteiger partial charge in [-0.3, -0.25) is 14.6 Å². The van der Waals surface area contributed by atoms with Crippen LogP contribution in [-0.2, 0) is 9.59 Å². The molecule has 28 heavy (non-hydrogen) atoms. The number of halogens is 1. The number of amides is 2. The van der Waals surface area contributed by atoms with Crippen molar-refractivity contribution in [2.24, 2.45) is 10.9 Å². The monoisotopic (exact) mass is 505 g/mol. The molecular weight excluding hydrogens is 469 g/mol. The molecule has 8 heteroatoms. The third-order valence-electron chi connectivity index (χ3n) is 5.94. The Morgan fingerprint density at radius 3 is 2.39 bits per heavy atom. The van der Waals surface area contributed by atoms with E-state index in [0.29, 0.717) is 18.9 Å². The first-order valence-corrected chi connectivity index (χ1v) is 10.8. The Labute approximate surface area is 186 Å². The first-order chi connectivity index (χ1) is 13.2. The fourth-order valence-corrected chi connectivity index (χ4v) is 4.41. The number of hydrogen-bond donors (Lipinski definition) is 2. The third kappa shape index (κ3) is 6.49. The topological polar surface area (TPSA) is 77.0 Å². The van der Waals surface area contributed by atoms with Gasteiger partial charge in [-0.25, -0.2) is 0 Å². The standard InChI is InChI=1S/C20H35N5O2.HI/c1-2-21-20(22-11-9-18(26)24-12-5-6-13-24)23-17-10-14-25(15-17)19(27)16-7-3-4-8-16;/h16-17H,2-15H2,1H3,(H2,21,22,23);1H. The summed E-state index contributed by atoms with van der Waals surface area (Å²) in [6.45, 7) is 6.70. The van der Waals surface area contributed by atoms with Crippen LogP contribution in [0.5, 0.6) is 0 Å². The van der Waals surface area contributed by atoms with E-state index < -0.39 is 0 Å². The first-order valence-electron chi connectivity index (χ1n) is 10.8. The summed E-state index contributed by atoms with van der Waals surface area (Å²) in [5.74, 6) is 1.56. The van der Waals surface area contributed by atoms with E-state index in [4.69, 9.17) is 0 Å². The van der Waals surface area contributed by atoms with E-state index in [1.54, 1.807) is 0 Å². The average molecular weight is 505 g/mol. The maximum atomic E-state index is 12.6. The highest BCUT2D eigenvalue weighted by atomic mass is 127. The van der Waals surface area contributed by atoms with Gasteiger partial charge >= 0.3 is 0 Å². The molecule has 0 aromatic rings. The van der Waals surface area contributed by atoms with Crippen molar-refractivity contribution in [3.8, 4) is 0 Å². The zero-order chi connectivity index (χ0) is 19.1. The number of likely N-dealkylation sites (tertiary alicyclic amines) is 2. The number of rotatable bonds is 6. The van der Waals surface area contributed by atoms with Gasteiger partial charge in [-0.15, -0.1) is 24.0 Å². The van der Waals surface area contributed by atoms with Crippen LogP contribution in [0.4, 0.5) is 0 Å². The molecule has 1 saturated carbocycles. The summed E-state index contributed by atoms with van der Waals surface area (Å²) in [6.07, 6.45) is 8.17. The van der Waals surface area contributed by atoms with Crippen LogP contribution in [0.25, 0.3) is 0 Å². The van der Waals surface area contributed by atoms with Gasteiger partial charge < -0.3 is 20.4 Å². The summed E-state index contributed by atoms with van der Waals surface area (Å²) in [6, 6.07) is 0.238. The lowest BCUT2D eigenvalue weighted by Gasteiger charge is -2.21. The van der Waals surface area contributed by atoms with E-state index in [1.165, 1.54) is 12.8 Å². The van der Waals surface area contributed by atoms with E-state index in [1.807, 2.05) is 16.7 Å². The summed E-state index contributed by atoms with van der Waals surface area (Å²) in [4.78, 5) is 33.3. The quantitative estimate of drug-likeness (QED) is 0.329. The molecule has 160 valence electrons. The number of guanidine groups is 1. The van der Waals surface area contributed by atoms with Crippen LogP contribution in [0, 0.1) is 5.92 Å². The van der Waals surface area contributed by atoms with Gasteiger partial charge in [0, 0.05) is 51.1 Å². The smallest absolute Gasteiger partial charge is 0.225 e. The zero-order valence-corrected chi connectivity index (χ0v) is 19.5. The highest BCUT2D eigenvalue weighted by Gasteiger charge is 2.32. The van der Waals surface area contributed by atoms with Gasteiger partial charge in [-0.1, -0.05) is 12.8 Å². The first kappa shape index (κ1) is 23.2. The van der Waals surface area contributed by atoms with Gasteiger partial charge in [0.25, 0.3) is 0 Å². The predicted octanol–water partition coefficient (Wildman–Crippen LogP) is 1.96. The third-order valence-corrected chi connectivity index (χ3v) is 5.94. The van der Waals surface area contributed by atoms with Crippen LogP contribution in [0.2, 0.25) is 0 Å². The molecule has 0 spiro atoms. The molecule has 0 bridgehead atoms. The molecule has 0 aromatic heterocycles. The Balaban J connectivity index is 0.00000280. The number of carbonyl (C=O) groups is 2. The minimum absolute atomic E-state index is 0. The fourth-order valence-electron chi connectivity index (χ4n) is 4.41. The van der Waals surface area contributed by atoms with Gasteiger partial charge in [0.15, 0.2) is 5.96 Å². The molecule has 2 aliphatic heterocycles. The lowest BCUT2D eigenvalue weighted by molar-refractivity contribution is -0.134. The van der Waals surface area contributed by atoms with Gasteiger partial charge in [0.05, 0.1) is 6.54 Å². The lowest BCUT2D eigenvalue weighted by Crippen LogP contribution is -2.45. The summed E-state index contributed by atoms with van der Waals surface area (Å²) in [7, 11) is 0. The summed E-state index contributed by atoms with van der Waals surface area (Å²) >= 11 is 0. The van der Waals surface area contributed by atoms with E-state index in [9.17, 15) is 9.59 Å². The number of nitrogens with one attached hydrogen (secondary N) is 2. The van der Waals surface area contributed by atoms with E-state index in [-0.39, 0.29) is 41.8 Å². The minimum atomic E-state index is 0. The number of aliphatic imine (C=N–C) groups is 1. The second kappa shape index (κ2) is 11.8. The van der Waals surface area contributed by atoms with Gasteiger partial charge in [0.2, 0.25) is 11.8 Å². The highest BCUT2D eigenvalue weighted by molar-refractivity contribution is 14.0. The summed E-state index contributed by atoms with van der Waals surface area (Å²) in [5, 5.41) is 6.72. The Kier molecular flexibility index (Phi) is 9.81. The van der Waals surface area contributed by atoms with Crippen molar-refractivity contribution < 1.29 is 9.59 Å². The summed E-state index contributed by atoms with van der Waals surface area (Å²) < 4.78 is 0. The van der Waals surface area contributed by atoms with Crippen LogP contribution < -0.4 is 10.6 Å². The van der Waals surface area contributed by atoms with E-state index >= 15 is 0 Å². The predicted molar refractivity (Wildman–Crippen MR) is 122 cm³/mol. The maximum Gasteiger partial charge on any atom is 0.225 e. The Hall–Kier alpha value is -1.06. The molecule has 0 aromatic carbocycles. The van der Waals surface area contributed by atoms with Crippen LogP contribution in [0.3, 0.4) is 0 Å². The molecule has 2 heterocycles. The van der Waals surface area contributed by atoms with Crippen molar-refractivity contribution in [1.29, 1.82) is 0 Å². The number of nitrogens with zero attached hydrogens (tertiary/aromatic N) is 3. The van der Waals surface area contributed by atoms with Crippen molar-refractivity contribution >= 4 is 41.8 Å². The SMILES string of the molecule is CCNC(=NCCC(=O)N1CCCC1)NC1CCN(C(=O)C2CCCC2)C1.I. The normalized spacial score (nSPS) is 23.0. The van der Waals surface area contributed by atoms with Gasteiger partial charge in [-0.05, 0) is 39.0 Å². The Morgan fingerprint density at radius 1 is 1.00 bits per heavy atom. The average Bonchev–Trinajstić information content (AvgIpc) is 3.42. The van der Waals surface area contributed by atoms with Crippen LogP contribution in [-0.4, -0.2) is 72.9 Å². The van der Waals surface area contributed by atoms with Crippen LogP contribution in [0.1, 0.15) is 58.3 Å². The lowest BCUT2D eigenvalue weighted by atomic mass is 10.1. The van der Waals surface area contributed by atoms with Gasteiger partial charge in [0.1, 0.15) is 0 Å². The van der Waals surface area contributed by atoms with Crippen molar-refractivity contribution in [2.45, 2.75) is 64.3 Å². The molecule has 3 aliphatic rings. The molecule has 2 saturated heterocycles. The van der Waals surface area contributed by atoms with Crippen molar-refractivity contribution in [1.82, 2.24) is 20.4 Å². The van der Waals surface area contributed by atoms with Crippen LogP contribution >= 0.6 is 24.0 Å². The number of hydrogen-bond acceptors (Lipinski definition) is 3. The molecule has 2 amide bonds. The fraction of sp³-hybridized carbons (Fsp3) is 0.850. The molecule has 3 fully saturated rings. The van der Waals surface area contributed by atoms with Crippen LogP contribution in [0.15, 0.2) is 4.99 Å². The van der Waals surface area contributed by atoms with Crippen molar-refractivity contribution in [3.63, 3.8) is 0 Å². The van der Waals surface area contributed by atoms with Crippen molar-refractivity contribution in [3.05, 3.63) is 0 Å². The van der Waals surface area contributed by atoms with E-state index in [2.05, 4.69) is 15.6 Å². The summed E-state index contributed by atoms with van der Waals surface area (Å²) in [5.41, 5.74) is 0. The van der Waals surface area contributed by atoms with E-state index in [0.717, 1.165) is 70.8 Å². The Morgan fingerprint density at radius 2 is 1.71 bits per heavy atom. The molecule has 1 unspecified atom stereocenters. The molecule has 7 nitrogen and oxygen atoms in total. The molecule has 2 N–H and O–H groups in total. The number of carbonyl (C=O) groups excluding carboxylic acids is 2. The molecule has 3 rings (SSSR count). The second-order valence-electron chi connectivity index (χ2n) is 7.99. The molecule has 1 atom stereocenters. The molecule has 1 aliphatic carbocycles. The minimum Gasteiger partial charge on any atom is -0.357 e. The Bertz CT molecular complexity index is 545. The maximum absolute atomic E-state index is 12.6. The molecule has 0 radical (unpaired) electrons. The largest absolute Gasteiger partial charge is 0.357 e. The van der Waals surface area contributed by atoms with Crippen molar-refractivity contribution in [2.75, 3.05) is 39.3 Å². The zero-order valence-electron chi connectivity index (χ0n) is 17.1. The molecular formula is C20H36IN5O2. The second-order valence-corrected chi connectivity index (χ2v) is 7.99. The van der Waals surface area contributed by atoms with Gasteiger partial charge in [-0.2, -0.15) is 0 Å².